The Bertz CT molecular complexity index is 619. The quantitative estimate of drug-likeness (QED) is 0.0303. The van der Waals surface area contributed by atoms with Gasteiger partial charge >= 0.3 is 20.7 Å². The lowest BCUT2D eigenvalue weighted by Gasteiger charge is -2.31. The van der Waals surface area contributed by atoms with Crippen LogP contribution in [0.1, 0.15) is 65.7 Å². The van der Waals surface area contributed by atoms with Gasteiger partial charge in [-0.1, -0.05) is 46.6 Å². The molecule has 0 spiro atoms. The average Bonchev–Trinajstić information content (AvgIpc) is 2.95. The molecule has 0 aromatic rings. The van der Waals surface area contributed by atoms with Gasteiger partial charge in [-0.3, -0.25) is 0 Å². The summed E-state index contributed by atoms with van der Waals surface area (Å²) in [7, 11) is -1.99. The van der Waals surface area contributed by atoms with Crippen molar-refractivity contribution in [2.24, 2.45) is 0 Å². The van der Waals surface area contributed by atoms with Gasteiger partial charge in [-0.25, -0.2) is 9.59 Å². The Morgan fingerprint density at radius 1 is 0.700 bits per heavy atom. The van der Waals surface area contributed by atoms with E-state index < -0.39 is 27.0 Å². The number of ether oxygens (including phenoxy) is 6. The van der Waals surface area contributed by atoms with E-state index in [1.807, 2.05) is 0 Å². The molecular formula is C28H52O11Si. The van der Waals surface area contributed by atoms with E-state index in [9.17, 15) is 9.59 Å². The number of rotatable bonds is 29. The van der Waals surface area contributed by atoms with Gasteiger partial charge in [0.2, 0.25) is 6.29 Å². The topological polar surface area (TPSA) is 117 Å². The maximum Gasteiger partial charge on any atom is 0.501 e. The number of carbonyl (C=O) groups is 2. The third-order valence-corrected chi connectivity index (χ3v) is 8.10. The molecule has 12 heteroatoms. The van der Waals surface area contributed by atoms with E-state index >= 15 is 0 Å². The minimum atomic E-state index is -3.39. The summed E-state index contributed by atoms with van der Waals surface area (Å²) in [6.07, 6.45) is 8.07. The summed E-state index contributed by atoms with van der Waals surface area (Å²) < 4.78 is 51.0. The fraction of sp³-hybridized carbons (Fsp3) is 0.786. The highest BCUT2D eigenvalue weighted by atomic mass is 28.4. The van der Waals surface area contributed by atoms with Crippen molar-refractivity contribution in [1.29, 1.82) is 0 Å². The Kier molecular flexibility index (Phi) is 26.1. The summed E-state index contributed by atoms with van der Waals surface area (Å²) in [5.74, 6) is -1.47. The molecule has 40 heavy (non-hydrogen) atoms. The van der Waals surface area contributed by atoms with Crippen LogP contribution in [0.2, 0.25) is 6.04 Å². The zero-order valence-corrected chi connectivity index (χ0v) is 26.0. The predicted octanol–water partition coefficient (Wildman–Crippen LogP) is 4.57. The molecule has 0 aliphatic carbocycles. The van der Waals surface area contributed by atoms with E-state index in [0.29, 0.717) is 39.6 Å². The monoisotopic (exact) mass is 592 g/mol. The molecule has 0 N–H and O–H groups in total. The molecule has 1 atom stereocenters. The SMILES string of the molecule is C=CC(=O)OC(CC[Si](OCCOCCCC)(OCCOCCCC)OCCOCCCC)OC(=O)C=COC. The molecule has 0 rings (SSSR count). The summed E-state index contributed by atoms with van der Waals surface area (Å²) >= 11 is 0. The van der Waals surface area contributed by atoms with Crippen molar-refractivity contribution in [3.05, 3.63) is 25.0 Å². The van der Waals surface area contributed by atoms with Gasteiger partial charge in [0.25, 0.3) is 0 Å². The summed E-state index contributed by atoms with van der Waals surface area (Å²) in [5, 5.41) is 0. The minimum absolute atomic E-state index is 0.0719. The number of hydrogen-bond acceptors (Lipinski definition) is 11. The van der Waals surface area contributed by atoms with E-state index in [1.54, 1.807) is 0 Å². The van der Waals surface area contributed by atoms with Gasteiger partial charge in [-0.15, -0.1) is 0 Å². The van der Waals surface area contributed by atoms with Crippen LogP contribution < -0.4 is 0 Å². The van der Waals surface area contributed by atoms with Crippen LogP contribution in [0.5, 0.6) is 0 Å². The standard InChI is InChI=1S/C28H52O11Si/c1-6-10-15-32-19-22-35-40(36-23-20-33-16-11-7-2,37-24-21-34-17-12-8-3)25-14-28(38-26(29)9-4)39-27(30)13-18-31-5/h9,13,18,28H,4,6-8,10-12,14-17,19-25H2,1-3,5H3. The highest BCUT2D eigenvalue weighted by Crippen LogP contribution is 2.22. The average molecular weight is 593 g/mol. The second-order valence-corrected chi connectivity index (χ2v) is 11.4. The van der Waals surface area contributed by atoms with Crippen LogP contribution in [-0.2, 0) is 51.3 Å². The third kappa shape index (κ3) is 22.0. The largest absolute Gasteiger partial charge is 0.504 e. The minimum Gasteiger partial charge on any atom is -0.504 e. The molecule has 0 heterocycles. The van der Waals surface area contributed by atoms with Crippen LogP contribution in [0.3, 0.4) is 0 Å². The summed E-state index contributed by atoms with van der Waals surface area (Å²) in [4.78, 5) is 24.1. The Hall–Kier alpha value is -1.80. The second kappa shape index (κ2) is 27.4. The van der Waals surface area contributed by atoms with Crippen LogP contribution in [0.4, 0.5) is 0 Å². The fourth-order valence-electron chi connectivity index (χ4n) is 3.06. The van der Waals surface area contributed by atoms with Gasteiger partial charge in [0.15, 0.2) is 0 Å². The molecule has 1 unspecified atom stereocenters. The van der Waals surface area contributed by atoms with E-state index in [2.05, 4.69) is 27.4 Å². The Balaban J connectivity index is 5.56. The molecule has 234 valence electrons. The van der Waals surface area contributed by atoms with Crippen molar-refractivity contribution in [3.63, 3.8) is 0 Å². The zero-order valence-electron chi connectivity index (χ0n) is 25.0. The first kappa shape index (κ1) is 38.2. The second-order valence-electron chi connectivity index (χ2n) is 8.71. The van der Waals surface area contributed by atoms with E-state index in [1.165, 1.54) is 13.4 Å². The lowest BCUT2D eigenvalue weighted by Crippen LogP contribution is -2.48. The van der Waals surface area contributed by atoms with E-state index in [-0.39, 0.29) is 32.3 Å². The summed E-state index contributed by atoms with van der Waals surface area (Å²) in [5.41, 5.74) is 0. The number of unbranched alkanes of at least 4 members (excludes halogenated alkanes) is 3. The van der Waals surface area contributed by atoms with E-state index in [4.69, 9.17) is 41.7 Å². The molecule has 0 saturated heterocycles. The predicted molar refractivity (Wildman–Crippen MR) is 153 cm³/mol. The lowest BCUT2D eigenvalue weighted by atomic mass is 10.4. The maximum absolute atomic E-state index is 12.2. The van der Waals surface area contributed by atoms with Crippen molar-refractivity contribution >= 4 is 20.7 Å². The molecule has 0 aromatic carbocycles. The van der Waals surface area contributed by atoms with Gasteiger partial charge in [0, 0.05) is 38.4 Å². The van der Waals surface area contributed by atoms with Crippen LogP contribution in [0.15, 0.2) is 25.0 Å². The number of esters is 2. The molecule has 11 nitrogen and oxygen atoms in total. The van der Waals surface area contributed by atoms with Crippen LogP contribution in [-0.4, -0.2) is 93.6 Å². The van der Waals surface area contributed by atoms with Crippen molar-refractivity contribution in [2.75, 3.05) is 66.6 Å². The van der Waals surface area contributed by atoms with Crippen LogP contribution in [0, 0.1) is 0 Å². The molecule has 0 amide bonds. The molecule has 0 aliphatic heterocycles. The van der Waals surface area contributed by atoms with Gasteiger partial charge in [-0.2, -0.15) is 0 Å². The Labute approximate surface area is 241 Å². The Morgan fingerprint density at radius 3 is 1.55 bits per heavy atom. The molecule has 0 bridgehead atoms. The first-order valence-electron chi connectivity index (χ1n) is 14.3. The number of methoxy groups -OCH3 is 1. The molecule has 0 aromatic heterocycles. The summed E-state index contributed by atoms with van der Waals surface area (Å²) in [6.45, 7) is 13.4. The molecular weight excluding hydrogens is 540 g/mol. The van der Waals surface area contributed by atoms with Crippen molar-refractivity contribution in [3.8, 4) is 0 Å². The van der Waals surface area contributed by atoms with Gasteiger partial charge in [-0.05, 0) is 19.3 Å². The van der Waals surface area contributed by atoms with Crippen molar-refractivity contribution in [2.45, 2.75) is 78.1 Å². The molecule has 0 aliphatic rings. The van der Waals surface area contributed by atoms with Crippen LogP contribution in [0.25, 0.3) is 0 Å². The van der Waals surface area contributed by atoms with Crippen molar-refractivity contribution in [1.82, 2.24) is 0 Å². The van der Waals surface area contributed by atoms with Gasteiger partial charge < -0.3 is 41.7 Å². The fourth-order valence-corrected chi connectivity index (χ4v) is 5.52. The van der Waals surface area contributed by atoms with Crippen LogP contribution >= 0.6 is 0 Å². The number of carbonyl (C=O) groups excluding carboxylic acids is 2. The van der Waals surface area contributed by atoms with E-state index in [0.717, 1.165) is 50.7 Å². The maximum atomic E-state index is 12.2. The molecule has 0 saturated carbocycles. The normalized spacial score (nSPS) is 12.4. The highest BCUT2D eigenvalue weighted by molar-refractivity contribution is 6.60. The highest BCUT2D eigenvalue weighted by Gasteiger charge is 2.42. The van der Waals surface area contributed by atoms with Gasteiger partial charge in [0.05, 0.1) is 59.1 Å². The van der Waals surface area contributed by atoms with Crippen molar-refractivity contribution < 1.29 is 51.3 Å². The number of hydrogen-bond donors (Lipinski definition) is 0. The smallest absolute Gasteiger partial charge is 0.501 e. The van der Waals surface area contributed by atoms with Gasteiger partial charge in [0.1, 0.15) is 0 Å². The first-order valence-corrected chi connectivity index (χ1v) is 16.3. The first-order chi connectivity index (χ1) is 19.5. The lowest BCUT2D eigenvalue weighted by molar-refractivity contribution is -0.181. The Morgan fingerprint density at radius 2 is 1.15 bits per heavy atom. The third-order valence-electron chi connectivity index (χ3n) is 5.26. The summed E-state index contributed by atoms with van der Waals surface area (Å²) in [6, 6.07) is 0.197. The molecule has 0 radical (unpaired) electrons. The zero-order chi connectivity index (χ0) is 29.7. The molecule has 0 fully saturated rings.